The van der Waals surface area contributed by atoms with E-state index in [-0.39, 0.29) is 11.5 Å². The number of benzene rings is 1. The summed E-state index contributed by atoms with van der Waals surface area (Å²) in [5, 5.41) is 14.4. The Bertz CT molecular complexity index is 629. The lowest BCUT2D eigenvalue weighted by Gasteiger charge is -2.10. The van der Waals surface area contributed by atoms with Crippen LogP contribution in [0.5, 0.6) is 0 Å². The Morgan fingerprint density at radius 3 is 2.84 bits per heavy atom. The molecule has 0 amide bonds. The predicted octanol–water partition coefficient (Wildman–Crippen LogP) is 4.46. The molecule has 0 saturated carbocycles. The van der Waals surface area contributed by atoms with E-state index in [1.165, 1.54) is 12.3 Å². The van der Waals surface area contributed by atoms with E-state index in [2.05, 4.69) is 26.2 Å². The molecule has 0 aliphatic carbocycles. The van der Waals surface area contributed by atoms with Crippen LogP contribution in [0.4, 0.5) is 17.2 Å². The Hall–Kier alpha value is -1.66. The molecule has 1 N–H and O–H groups in total. The largest absolute Gasteiger partial charge is 0.333 e. The van der Waals surface area contributed by atoms with E-state index in [1.807, 2.05) is 19.1 Å². The minimum atomic E-state index is -0.494. The maximum Gasteiger partial charge on any atom is 0.312 e. The second-order valence-electron chi connectivity index (χ2n) is 3.84. The van der Waals surface area contributed by atoms with E-state index in [0.717, 1.165) is 5.56 Å². The van der Waals surface area contributed by atoms with Crippen LogP contribution in [0.1, 0.15) is 5.56 Å². The standard InChI is InChI=1S/C12H9BrClN3O2/c1-7-3-2-4-9(14)11(7)16-12-10(17(18)19)5-8(13)6-15-12/h2-6H,1H3,(H,15,16). The van der Waals surface area contributed by atoms with E-state index in [9.17, 15) is 10.1 Å². The molecule has 0 radical (unpaired) electrons. The van der Waals surface area contributed by atoms with Crippen LogP contribution in [-0.2, 0) is 0 Å². The normalized spacial score (nSPS) is 10.3. The molecule has 1 heterocycles. The van der Waals surface area contributed by atoms with Gasteiger partial charge >= 0.3 is 5.69 Å². The summed E-state index contributed by atoms with van der Waals surface area (Å²) in [6.07, 6.45) is 1.49. The summed E-state index contributed by atoms with van der Waals surface area (Å²) in [7, 11) is 0. The lowest BCUT2D eigenvalue weighted by Crippen LogP contribution is -2.01. The first-order chi connectivity index (χ1) is 8.99. The third-order valence-electron chi connectivity index (χ3n) is 2.50. The first kappa shape index (κ1) is 13.8. The van der Waals surface area contributed by atoms with Gasteiger partial charge < -0.3 is 5.32 Å². The number of nitrogens with zero attached hydrogens (tertiary/aromatic N) is 2. The molecule has 1 aromatic carbocycles. The fourth-order valence-corrected chi connectivity index (χ4v) is 2.16. The number of anilines is 2. The van der Waals surface area contributed by atoms with Gasteiger partial charge in [0.25, 0.3) is 0 Å². The number of aromatic nitrogens is 1. The zero-order valence-electron chi connectivity index (χ0n) is 9.85. The van der Waals surface area contributed by atoms with Gasteiger partial charge in [-0.05, 0) is 34.5 Å². The molecule has 5 nitrogen and oxygen atoms in total. The maximum absolute atomic E-state index is 11.0. The van der Waals surface area contributed by atoms with Crippen molar-refractivity contribution in [3.63, 3.8) is 0 Å². The van der Waals surface area contributed by atoms with E-state index in [1.54, 1.807) is 6.07 Å². The van der Waals surface area contributed by atoms with Gasteiger partial charge in [-0.1, -0.05) is 23.7 Å². The highest BCUT2D eigenvalue weighted by atomic mass is 79.9. The quantitative estimate of drug-likeness (QED) is 0.660. The molecule has 0 unspecified atom stereocenters. The van der Waals surface area contributed by atoms with Gasteiger partial charge in [0.1, 0.15) is 0 Å². The number of nitro groups is 1. The monoisotopic (exact) mass is 341 g/mol. The topological polar surface area (TPSA) is 68.1 Å². The molecule has 19 heavy (non-hydrogen) atoms. The third-order valence-corrected chi connectivity index (χ3v) is 3.24. The second kappa shape index (κ2) is 5.54. The average molecular weight is 343 g/mol. The van der Waals surface area contributed by atoms with Crippen molar-refractivity contribution in [3.05, 3.63) is 55.6 Å². The van der Waals surface area contributed by atoms with Crippen LogP contribution in [0.25, 0.3) is 0 Å². The summed E-state index contributed by atoms with van der Waals surface area (Å²) in [4.78, 5) is 14.5. The van der Waals surface area contributed by atoms with Crippen LogP contribution in [-0.4, -0.2) is 9.91 Å². The lowest BCUT2D eigenvalue weighted by molar-refractivity contribution is -0.384. The van der Waals surface area contributed by atoms with Gasteiger partial charge in [-0.3, -0.25) is 10.1 Å². The Kier molecular flexibility index (Phi) is 4.01. The second-order valence-corrected chi connectivity index (χ2v) is 5.16. The van der Waals surface area contributed by atoms with Crippen molar-refractivity contribution >= 4 is 44.7 Å². The number of halogens is 2. The van der Waals surface area contributed by atoms with E-state index >= 15 is 0 Å². The van der Waals surface area contributed by atoms with E-state index in [4.69, 9.17) is 11.6 Å². The van der Waals surface area contributed by atoms with Gasteiger partial charge in [-0.25, -0.2) is 4.98 Å². The fraction of sp³-hybridized carbons (Fsp3) is 0.0833. The number of nitrogens with one attached hydrogen (secondary N) is 1. The lowest BCUT2D eigenvalue weighted by atomic mass is 10.2. The molecular formula is C12H9BrClN3O2. The summed E-state index contributed by atoms with van der Waals surface area (Å²) >= 11 is 9.23. The number of hydrogen-bond acceptors (Lipinski definition) is 4. The fourth-order valence-electron chi connectivity index (χ4n) is 1.57. The third kappa shape index (κ3) is 3.02. The molecule has 2 aromatic rings. The Morgan fingerprint density at radius 1 is 1.47 bits per heavy atom. The molecule has 0 aliphatic rings. The van der Waals surface area contributed by atoms with Crippen LogP contribution in [0.3, 0.4) is 0 Å². The van der Waals surface area contributed by atoms with Crippen molar-refractivity contribution in [2.75, 3.05) is 5.32 Å². The van der Waals surface area contributed by atoms with Crippen molar-refractivity contribution < 1.29 is 4.92 Å². The molecule has 98 valence electrons. The van der Waals surface area contributed by atoms with E-state index < -0.39 is 4.92 Å². The van der Waals surface area contributed by atoms with E-state index in [0.29, 0.717) is 15.2 Å². The highest BCUT2D eigenvalue weighted by Gasteiger charge is 2.17. The Balaban J connectivity index is 2.47. The van der Waals surface area contributed by atoms with Gasteiger partial charge in [-0.15, -0.1) is 0 Å². The molecule has 0 bridgehead atoms. The predicted molar refractivity (Wildman–Crippen MR) is 78.1 cm³/mol. The first-order valence-corrected chi connectivity index (χ1v) is 6.48. The summed E-state index contributed by atoms with van der Waals surface area (Å²) in [6.45, 7) is 1.86. The zero-order chi connectivity index (χ0) is 14.0. The molecule has 0 spiro atoms. The van der Waals surface area contributed by atoms with Crippen LogP contribution >= 0.6 is 27.5 Å². The van der Waals surface area contributed by atoms with Crippen LogP contribution < -0.4 is 5.32 Å². The number of aryl methyl sites for hydroxylation is 1. The minimum Gasteiger partial charge on any atom is -0.333 e. The van der Waals surface area contributed by atoms with Crippen LogP contribution in [0.15, 0.2) is 34.9 Å². The number of hydrogen-bond donors (Lipinski definition) is 1. The Labute approximate surface area is 122 Å². The van der Waals surface area contributed by atoms with Gasteiger partial charge in [0.15, 0.2) is 0 Å². The number of pyridine rings is 1. The molecular weight excluding hydrogens is 334 g/mol. The van der Waals surface area contributed by atoms with Crippen LogP contribution in [0.2, 0.25) is 5.02 Å². The molecule has 2 rings (SSSR count). The Morgan fingerprint density at radius 2 is 2.21 bits per heavy atom. The van der Waals surface area contributed by atoms with Gasteiger partial charge in [-0.2, -0.15) is 0 Å². The zero-order valence-corrected chi connectivity index (χ0v) is 12.2. The summed E-state index contributed by atoms with van der Waals surface area (Å²) in [5.74, 6) is 0.157. The molecule has 7 heteroatoms. The smallest absolute Gasteiger partial charge is 0.312 e. The highest BCUT2D eigenvalue weighted by molar-refractivity contribution is 9.10. The van der Waals surface area contributed by atoms with Crippen LogP contribution in [0, 0.1) is 17.0 Å². The first-order valence-electron chi connectivity index (χ1n) is 5.31. The van der Waals surface area contributed by atoms with Gasteiger partial charge in [0.05, 0.1) is 15.6 Å². The maximum atomic E-state index is 11.0. The average Bonchev–Trinajstić information content (AvgIpc) is 2.35. The van der Waals surface area contributed by atoms with Crippen molar-refractivity contribution in [1.29, 1.82) is 0 Å². The molecule has 0 fully saturated rings. The number of rotatable bonds is 3. The molecule has 1 aromatic heterocycles. The SMILES string of the molecule is Cc1cccc(Cl)c1Nc1ncc(Br)cc1[N+](=O)[O-]. The summed E-state index contributed by atoms with van der Waals surface area (Å²) < 4.78 is 0.542. The minimum absolute atomic E-state index is 0.117. The van der Waals surface area contributed by atoms with Crippen molar-refractivity contribution in [2.24, 2.45) is 0 Å². The van der Waals surface area contributed by atoms with Crippen molar-refractivity contribution in [1.82, 2.24) is 4.98 Å². The molecule has 0 saturated heterocycles. The van der Waals surface area contributed by atoms with Gasteiger partial charge in [0, 0.05) is 16.7 Å². The van der Waals surface area contributed by atoms with Gasteiger partial charge in [0.2, 0.25) is 5.82 Å². The summed E-state index contributed by atoms with van der Waals surface area (Å²) in [6, 6.07) is 6.77. The van der Waals surface area contributed by atoms with Crippen molar-refractivity contribution in [2.45, 2.75) is 6.92 Å². The number of para-hydroxylation sites is 1. The summed E-state index contributed by atoms with van der Waals surface area (Å²) in [5.41, 5.74) is 1.38. The molecule has 0 aliphatic heterocycles. The van der Waals surface area contributed by atoms with Crippen molar-refractivity contribution in [3.8, 4) is 0 Å². The highest BCUT2D eigenvalue weighted by Crippen LogP contribution is 2.32. The molecule has 0 atom stereocenters.